The average molecular weight is 403 g/mol. The Morgan fingerprint density at radius 1 is 1.26 bits per heavy atom. The number of aliphatic imine (C=N–C) groups is 1. The number of piperidine rings is 1. The number of rotatable bonds is 5. The van der Waals surface area contributed by atoms with Gasteiger partial charge in [-0.2, -0.15) is 13.5 Å². The van der Waals surface area contributed by atoms with Gasteiger partial charge in [0.1, 0.15) is 5.84 Å². The number of hydrogen-bond donors (Lipinski definition) is 3. The molecule has 3 amide bonds. The average Bonchev–Trinajstić information content (AvgIpc) is 2.80. The maximum atomic E-state index is 12.4. The molecule has 0 aromatic heterocycles. The lowest BCUT2D eigenvalue weighted by molar-refractivity contribution is -0.119. The molecule has 1 aliphatic carbocycles. The molecule has 27 heavy (non-hydrogen) atoms. The summed E-state index contributed by atoms with van der Waals surface area (Å²) in [5, 5.41) is 3.61. The van der Waals surface area contributed by atoms with Crippen LogP contribution in [0.4, 0.5) is 4.79 Å². The Morgan fingerprint density at radius 3 is 2.52 bits per heavy atom. The second-order valence-corrected chi connectivity index (χ2v) is 8.27. The van der Waals surface area contributed by atoms with Gasteiger partial charge in [-0.05, 0) is 38.5 Å². The fourth-order valence-corrected chi connectivity index (χ4v) is 4.46. The van der Waals surface area contributed by atoms with E-state index in [1.165, 1.54) is 11.8 Å². The van der Waals surface area contributed by atoms with Gasteiger partial charge >= 0.3 is 16.4 Å². The summed E-state index contributed by atoms with van der Waals surface area (Å²) < 4.78 is 35.1. The number of carbonyl (C=O) groups excluding carboxylic acids is 2. The topological polar surface area (TPSA) is 155 Å². The molecule has 4 N–H and O–H groups in total. The molecule has 2 aliphatic heterocycles. The van der Waals surface area contributed by atoms with Crippen LogP contribution in [0, 0.1) is 0 Å². The molecular formula is C15H25N5O6S. The van der Waals surface area contributed by atoms with Crippen LogP contribution < -0.4 is 11.1 Å². The molecule has 2 atom stereocenters. The number of nitrogens with zero attached hydrogens (tertiary/aromatic N) is 3. The number of hydroxylamine groups is 2. The fraction of sp³-hybridized carbons (Fsp3) is 0.800. The number of nitrogens with two attached hydrogens (primary N) is 1. The van der Waals surface area contributed by atoms with Crippen LogP contribution in [0.15, 0.2) is 4.99 Å². The third-order valence-electron chi connectivity index (χ3n) is 5.27. The van der Waals surface area contributed by atoms with E-state index in [1.807, 2.05) is 0 Å². The van der Waals surface area contributed by atoms with Crippen molar-refractivity contribution in [3.8, 4) is 0 Å². The minimum atomic E-state index is -4.77. The van der Waals surface area contributed by atoms with Crippen molar-refractivity contribution in [2.24, 2.45) is 10.7 Å². The quantitative estimate of drug-likeness (QED) is 0.326. The zero-order valence-corrected chi connectivity index (χ0v) is 15.9. The van der Waals surface area contributed by atoms with Gasteiger partial charge in [-0.15, -0.1) is 4.28 Å². The number of amidine groups is 1. The predicted molar refractivity (Wildman–Crippen MR) is 94.9 cm³/mol. The molecule has 3 fully saturated rings. The largest absolute Gasteiger partial charge is 0.418 e. The standard InChI is InChI=1S/C15H25N5O6S/c1-9(21)17-10-2-4-11(5-3-10)18-14(16)13-7-6-12-8-19(13)15(22)20(12)26-27(23,24)25/h10-13H,2-8H2,1H3,(H2,16,18)(H,17,21)(H,23,24,25)/t10?,11?,12-,13+/m1/s1. The first-order valence-electron chi connectivity index (χ1n) is 9.01. The molecule has 0 spiro atoms. The smallest absolute Gasteiger partial charge is 0.386 e. The highest BCUT2D eigenvalue weighted by atomic mass is 32.3. The number of carbonyl (C=O) groups is 2. The lowest BCUT2D eigenvalue weighted by Gasteiger charge is -2.31. The molecule has 3 rings (SSSR count). The van der Waals surface area contributed by atoms with E-state index in [4.69, 9.17) is 10.3 Å². The fourth-order valence-electron chi connectivity index (χ4n) is 4.07. The normalized spacial score (nSPS) is 31.9. The molecule has 0 aromatic rings. The molecule has 152 valence electrons. The minimum Gasteiger partial charge on any atom is -0.386 e. The molecule has 2 heterocycles. The number of urea groups is 1. The van der Waals surface area contributed by atoms with Gasteiger partial charge in [0.05, 0.1) is 18.1 Å². The molecule has 0 aromatic carbocycles. The van der Waals surface area contributed by atoms with E-state index in [2.05, 4.69) is 14.6 Å². The summed E-state index contributed by atoms with van der Waals surface area (Å²) in [6.45, 7) is 1.77. The van der Waals surface area contributed by atoms with Crippen molar-refractivity contribution in [3.05, 3.63) is 0 Å². The van der Waals surface area contributed by atoms with E-state index >= 15 is 0 Å². The van der Waals surface area contributed by atoms with Crippen LogP contribution in [-0.4, -0.2) is 71.4 Å². The van der Waals surface area contributed by atoms with Crippen LogP contribution >= 0.6 is 0 Å². The summed E-state index contributed by atoms with van der Waals surface area (Å²) >= 11 is 0. The number of amides is 3. The molecular weight excluding hydrogens is 378 g/mol. The van der Waals surface area contributed by atoms with Crippen LogP contribution in [0.5, 0.6) is 0 Å². The third-order valence-corrected chi connectivity index (χ3v) is 5.62. The van der Waals surface area contributed by atoms with Crippen LogP contribution in [0.2, 0.25) is 0 Å². The Kier molecular flexibility index (Phi) is 5.58. The Morgan fingerprint density at radius 2 is 1.93 bits per heavy atom. The van der Waals surface area contributed by atoms with E-state index in [-0.39, 0.29) is 24.5 Å². The molecule has 3 aliphatic rings. The highest BCUT2D eigenvalue weighted by Gasteiger charge is 2.48. The molecule has 0 radical (unpaired) electrons. The lowest BCUT2D eigenvalue weighted by Crippen LogP contribution is -2.48. The Bertz CT molecular complexity index is 733. The zero-order valence-electron chi connectivity index (χ0n) is 15.1. The second-order valence-electron chi connectivity index (χ2n) is 7.27. The predicted octanol–water partition coefficient (Wildman–Crippen LogP) is -0.206. The second kappa shape index (κ2) is 7.60. The van der Waals surface area contributed by atoms with Crippen LogP contribution in [0.3, 0.4) is 0 Å². The summed E-state index contributed by atoms with van der Waals surface area (Å²) in [4.78, 5) is 29.6. The first-order valence-corrected chi connectivity index (χ1v) is 10.4. The number of nitrogens with one attached hydrogen (secondary N) is 1. The molecule has 2 saturated heterocycles. The van der Waals surface area contributed by atoms with Gasteiger partial charge in [0.15, 0.2) is 0 Å². The van der Waals surface area contributed by atoms with Crippen LogP contribution in [0.1, 0.15) is 45.4 Å². The monoisotopic (exact) mass is 403 g/mol. The molecule has 12 heteroatoms. The Labute approximate surface area is 157 Å². The summed E-state index contributed by atoms with van der Waals surface area (Å²) in [5.41, 5.74) is 6.17. The van der Waals surface area contributed by atoms with E-state index in [0.29, 0.717) is 23.7 Å². The third kappa shape index (κ3) is 4.68. The van der Waals surface area contributed by atoms with Crippen molar-refractivity contribution in [1.82, 2.24) is 15.3 Å². The summed E-state index contributed by atoms with van der Waals surface area (Å²) in [5.74, 6) is 0.306. The highest BCUT2D eigenvalue weighted by molar-refractivity contribution is 7.80. The first kappa shape index (κ1) is 19.8. The van der Waals surface area contributed by atoms with Crippen molar-refractivity contribution >= 4 is 28.2 Å². The lowest BCUT2D eigenvalue weighted by atomic mass is 9.91. The molecule has 1 saturated carbocycles. The minimum absolute atomic E-state index is 0.0376. The van der Waals surface area contributed by atoms with Crippen LogP contribution in [0.25, 0.3) is 0 Å². The van der Waals surface area contributed by atoms with E-state index < -0.39 is 28.5 Å². The first-order chi connectivity index (χ1) is 12.6. The van der Waals surface area contributed by atoms with Gasteiger partial charge in [-0.1, -0.05) is 0 Å². The van der Waals surface area contributed by atoms with Gasteiger partial charge in [-0.25, -0.2) is 4.79 Å². The molecule has 11 nitrogen and oxygen atoms in total. The summed E-state index contributed by atoms with van der Waals surface area (Å²) in [7, 11) is -4.77. The Balaban J connectivity index is 1.61. The number of fused-ring (bicyclic) bond motifs is 2. The van der Waals surface area contributed by atoms with E-state index in [9.17, 15) is 18.0 Å². The van der Waals surface area contributed by atoms with E-state index in [1.54, 1.807) is 0 Å². The molecule has 0 unspecified atom stereocenters. The van der Waals surface area contributed by atoms with Crippen LogP contribution in [-0.2, 0) is 19.5 Å². The Hall–Kier alpha value is -1.92. The SMILES string of the molecule is CC(=O)NC1CCC(N=C(N)[C@@H]2CC[C@@H]3CN2C(=O)N3OS(=O)(=O)O)CC1. The van der Waals surface area contributed by atoms with Crippen molar-refractivity contribution in [3.63, 3.8) is 0 Å². The number of hydrogen-bond acceptors (Lipinski definition) is 6. The van der Waals surface area contributed by atoms with Crippen molar-refractivity contribution in [2.45, 2.75) is 69.6 Å². The summed E-state index contributed by atoms with van der Waals surface area (Å²) in [6, 6.07) is -1.31. The van der Waals surface area contributed by atoms with Crippen molar-refractivity contribution in [2.75, 3.05) is 6.54 Å². The van der Waals surface area contributed by atoms with Gasteiger partial charge in [0.2, 0.25) is 5.91 Å². The van der Waals surface area contributed by atoms with Gasteiger partial charge in [-0.3, -0.25) is 14.3 Å². The van der Waals surface area contributed by atoms with Gasteiger partial charge in [0, 0.05) is 19.5 Å². The zero-order chi connectivity index (χ0) is 19.8. The van der Waals surface area contributed by atoms with Gasteiger partial charge in [0.25, 0.3) is 0 Å². The maximum absolute atomic E-state index is 12.4. The van der Waals surface area contributed by atoms with E-state index in [0.717, 1.165) is 25.7 Å². The highest BCUT2D eigenvalue weighted by Crippen LogP contribution is 2.31. The van der Waals surface area contributed by atoms with Gasteiger partial charge < -0.3 is 16.0 Å². The van der Waals surface area contributed by atoms with Crippen molar-refractivity contribution < 1.29 is 26.8 Å². The molecule has 2 bridgehead atoms. The summed E-state index contributed by atoms with van der Waals surface area (Å²) in [6.07, 6.45) is 4.28. The maximum Gasteiger partial charge on any atom is 0.418 e. The van der Waals surface area contributed by atoms with Crippen molar-refractivity contribution in [1.29, 1.82) is 0 Å².